The molecule has 0 aliphatic carbocycles. The van der Waals surface area contributed by atoms with E-state index < -0.39 is 12.0 Å². The molecular formula is C10H20N2O4. The van der Waals surface area contributed by atoms with Crippen molar-refractivity contribution >= 4 is 11.9 Å². The molecule has 0 bridgehead atoms. The number of carboxylic acid groups (broad SMARTS) is 1. The Kier molecular flexibility index (Phi) is 8.46. The summed E-state index contributed by atoms with van der Waals surface area (Å²) in [6, 6.07) is -0.505. The molecule has 0 unspecified atom stereocenters. The molecule has 0 aromatic heterocycles. The SMILES string of the molecule is CN[C@@H](CCCCNC(=O)COC)C(=O)O. The van der Waals surface area contributed by atoms with Crippen LogP contribution in [0.3, 0.4) is 0 Å². The third-order valence-electron chi connectivity index (χ3n) is 2.16. The summed E-state index contributed by atoms with van der Waals surface area (Å²) in [4.78, 5) is 21.6. The van der Waals surface area contributed by atoms with Gasteiger partial charge in [-0.15, -0.1) is 0 Å². The lowest BCUT2D eigenvalue weighted by molar-refractivity contribution is -0.139. The number of methoxy groups -OCH3 is 1. The molecule has 0 radical (unpaired) electrons. The van der Waals surface area contributed by atoms with Crippen molar-refractivity contribution in [2.24, 2.45) is 0 Å². The molecule has 0 aromatic rings. The number of hydrogen-bond acceptors (Lipinski definition) is 4. The number of carbonyl (C=O) groups excluding carboxylic acids is 1. The minimum absolute atomic E-state index is 0.0638. The van der Waals surface area contributed by atoms with E-state index in [0.717, 1.165) is 12.8 Å². The van der Waals surface area contributed by atoms with Crippen LogP contribution < -0.4 is 10.6 Å². The summed E-state index contributed by atoms with van der Waals surface area (Å²) in [6.45, 7) is 0.618. The lowest BCUT2D eigenvalue weighted by Gasteiger charge is -2.10. The number of ether oxygens (including phenoxy) is 1. The monoisotopic (exact) mass is 232 g/mol. The lowest BCUT2D eigenvalue weighted by Crippen LogP contribution is -2.34. The molecule has 6 heteroatoms. The highest BCUT2D eigenvalue weighted by molar-refractivity contribution is 5.77. The summed E-state index contributed by atoms with van der Waals surface area (Å²) in [5.41, 5.74) is 0. The Morgan fingerprint density at radius 2 is 2.06 bits per heavy atom. The van der Waals surface area contributed by atoms with Crippen molar-refractivity contribution < 1.29 is 19.4 Å². The predicted molar refractivity (Wildman–Crippen MR) is 59.2 cm³/mol. The highest BCUT2D eigenvalue weighted by atomic mass is 16.5. The first-order chi connectivity index (χ1) is 7.61. The van der Waals surface area contributed by atoms with E-state index in [1.165, 1.54) is 7.11 Å². The molecule has 0 spiro atoms. The molecule has 1 atom stereocenters. The topological polar surface area (TPSA) is 87.7 Å². The summed E-state index contributed by atoms with van der Waals surface area (Å²) in [5.74, 6) is -0.989. The van der Waals surface area contributed by atoms with Gasteiger partial charge in [-0.3, -0.25) is 9.59 Å². The number of amides is 1. The van der Waals surface area contributed by atoms with Gasteiger partial charge in [-0.25, -0.2) is 0 Å². The third-order valence-corrected chi connectivity index (χ3v) is 2.16. The van der Waals surface area contributed by atoms with Gasteiger partial charge < -0.3 is 20.5 Å². The molecule has 3 N–H and O–H groups in total. The van der Waals surface area contributed by atoms with Gasteiger partial charge >= 0.3 is 5.97 Å². The zero-order valence-electron chi connectivity index (χ0n) is 9.78. The van der Waals surface area contributed by atoms with Crippen LogP contribution in [0.1, 0.15) is 19.3 Å². The smallest absolute Gasteiger partial charge is 0.320 e. The minimum atomic E-state index is -0.842. The minimum Gasteiger partial charge on any atom is -0.480 e. The van der Waals surface area contributed by atoms with Crippen LogP contribution in [0.5, 0.6) is 0 Å². The number of nitrogens with one attached hydrogen (secondary N) is 2. The molecule has 0 saturated carbocycles. The first-order valence-corrected chi connectivity index (χ1v) is 5.27. The van der Waals surface area contributed by atoms with Gasteiger partial charge in [0.05, 0.1) is 0 Å². The van der Waals surface area contributed by atoms with Crippen LogP contribution in [0.4, 0.5) is 0 Å². The van der Waals surface area contributed by atoms with Crippen LogP contribution in [0.2, 0.25) is 0 Å². The van der Waals surface area contributed by atoms with Crippen LogP contribution in [0.25, 0.3) is 0 Å². The van der Waals surface area contributed by atoms with Crippen LogP contribution >= 0.6 is 0 Å². The fourth-order valence-corrected chi connectivity index (χ4v) is 1.27. The van der Waals surface area contributed by atoms with E-state index in [-0.39, 0.29) is 12.5 Å². The normalized spacial score (nSPS) is 12.1. The maximum absolute atomic E-state index is 11.0. The van der Waals surface area contributed by atoms with Gasteiger partial charge in [0.2, 0.25) is 5.91 Å². The fourth-order valence-electron chi connectivity index (χ4n) is 1.27. The molecule has 0 aromatic carbocycles. The number of unbranched alkanes of at least 4 members (excludes halogenated alkanes) is 1. The van der Waals surface area contributed by atoms with Crippen LogP contribution in [-0.4, -0.2) is 50.3 Å². The first kappa shape index (κ1) is 14.9. The van der Waals surface area contributed by atoms with Gasteiger partial charge in [0.25, 0.3) is 0 Å². The second-order valence-corrected chi connectivity index (χ2v) is 3.46. The quantitative estimate of drug-likeness (QED) is 0.470. The Bertz CT molecular complexity index is 221. The van der Waals surface area contributed by atoms with E-state index in [4.69, 9.17) is 5.11 Å². The molecule has 94 valence electrons. The third kappa shape index (κ3) is 7.19. The summed E-state index contributed by atoms with van der Waals surface area (Å²) >= 11 is 0. The lowest BCUT2D eigenvalue weighted by atomic mass is 10.1. The number of hydrogen-bond donors (Lipinski definition) is 3. The van der Waals surface area contributed by atoms with E-state index in [1.54, 1.807) is 7.05 Å². The summed E-state index contributed by atoms with van der Waals surface area (Å²) in [6.07, 6.45) is 2.08. The summed E-state index contributed by atoms with van der Waals surface area (Å²) in [7, 11) is 3.09. The molecule has 0 heterocycles. The Morgan fingerprint density at radius 3 is 2.56 bits per heavy atom. The van der Waals surface area contributed by atoms with Gasteiger partial charge in [0, 0.05) is 13.7 Å². The van der Waals surface area contributed by atoms with E-state index >= 15 is 0 Å². The molecule has 0 aliphatic heterocycles. The van der Waals surface area contributed by atoms with Crippen molar-refractivity contribution in [2.45, 2.75) is 25.3 Å². The first-order valence-electron chi connectivity index (χ1n) is 5.27. The highest BCUT2D eigenvalue weighted by Crippen LogP contribution is 2.00. The Morgan fingerprint density at radius 1 is 1.38 bits per heavy atom. The van der Waals surface area contributed by atoms with E-state index in [1.807, 2.05) is 0 Å². The van der Waals surface area contributed by atoms with Crippen LogP contribution in [0, 0.1) is 0 Å². The van der Waals surface area contributed by atoms with Gasteiger partial charge in [0.15, 0.2) is 0 Å². The van der Waals surface area contributed by atoms with Gasteiger partial charge in [0.1, 0.15) is 12.6 Å². The van der Waals surface area contributed by atoms with Crippen molar-refractivity contribution in [1.29, 1.82) is 0 Å². The predicted octanol–water partition coefficient (Wildman–Crippen LogP) is -0.408. The molecule has 1 amide bonds. The van der Waals surface area contributed by atoms with Gasteiger partial charge in [-0.2, -0.15) is 0 Å². The van der Waals surface area contributed by atoms with Gasteiger partial charge in [-0.05, 0) is 26.3 Å². The zero-order valence-corrected chi connectivity index (χ0v) is 9.78. The van der Waals surface area contributed by atoms with Crippen LogP contribution in [0.15, 0.2) is 0 Å². The van der Waals surface area contributed by atoms with Crippen molar-refractivity contribution in [2.75, 3.05) is 27.3 Å². The molecule has 0 fully saturated rings. The second kappa shape index (κ2) is 9.11. The molecule has 0 rings (SSSR count). The highest BCUT2D eigenvalue weighted by Gasteiger charge is 2.13. The number of likely N-dealkylation sites (N-methyl/N-ethyl adjacent to an activating group) is 1. The standard InChI is InChI=1S/C10H20N2O4/c1-11-8(10(14)15)5-3-4-6-12-9(13)7-16-2/h8,11H,3-7H2,1-2H3,(H,12,13)(H,14,15)/t8-/m0/s1. The largest absolute Gasteiger partial charge is 0.480 e. The molecule has 16 heavy (non-hydrogen) atoms. The molecule has 0 saturated heterocycles. The maximum atomic E-state index is 11.0. The molecule has 6 nitrogen and oxygen atoms in total. The number of aliphatic carboxylic acids is 1. The number of carbonyl (C=O) groups is 2. The molecular weight excluding hydrogens is 212 g/mol. The van der Waals surface area contributed by atoms with E-state index in [2.05, 4.69) is 15.4 Å². The van der Waals surface area contributed by atoms with Crippen LogP contribution in [-0.2, 0) is 14.3 Å². The van der Waals surface area contributed by atoms with Crippen molar-refractivity contribution in [3.63, 3.8) is 0 Å². The maximum Gasteiger partial charge on any atom is 0.320 e. The fraction of sp³-hybridized carbons (Fsp3) is 0.800. The van der Waals surface area contributed by atoms with Crippen molar-refractivity contribution in [3.8, 4) is 0 Å². The molecule has 0 aliphatic rings. The van der Waals surface area contributed by atoms with E-state index in [0.29, 0.717) is 13.0 Å². The second-order valence-electron chi connectivity index (χ2n) is 3.46. The zero-order chi connectivity index (χ0) is 12.4. The summed E-state index contributed by atoms with van der Waals surface area (Å²) < 4.78 is 4.65. The Hall–Kier alpha value is -1.14. The summed E-state index contributed by atoms with van der Waals surface area (Å²) in [5, 5.41) is 14.1. The Labute approximate surface area is 95.4 Å². The Balaban J connectivity index is 3.45. The van der Waals surface area contributed by atoms with Crippen molar-refractivity contribution in [3.05, 3.63) is 0 Å². The average molecular weight is 232 g/mol. The van der Waals surface area contributed by atoms with Crippen molar-refractivity contribution in [1.82, 2.24) is 10.6 Å². The average Bonchev–Trinajstić information content (AvgIpc) is 2.23. The number of rotatable bonds is 9. The van der Waals surface area contributed by atoms with Gasteiger partial charge in [-0.1, -0.05) is 0 Å². The van der Waals surface area contributed by atoms with E-state index in [9.17, 15) is 9.59 Å². The number of carboxylic acids is 1.